The number of aryl methyl sites for hydroxylation is 1. The fourth-order valence-corrected chi connectivity index (χ4v) is 2.05. The van der Waals surface area contributed by atoms with E-state index in [2.05, 4.69) is 32.7 Å². The lowest BCUT2D eigenvalue weighted by Crippen LogP contribution is -2.14. The number of H-pyrrole nitrogens is 1. The van der Waals surface area contributed by atoms with Crippen molar-refractivity contribution in [3.63, 3.8) is 0 Å². The van der Waals surface area contributed by atoms with Crippen molar-refractivity contribution >= 4 is 11.5 Å². The number of rotatable bonds is 5. The van der Waals surface area contributed by atoms with Crippen LogP contribution in [0, 0.1) is 0 Å². The summed E-state index contributed by atoms with van der Waals surface area (Å²) in [5.41, 5.74) is 1.52. The SMILES string of the molecule is O=c1[nH]nc2ccc(NCCCc3ccccc3)nn12. The standard InChI is InChI=1S/C14H15N5O/c20-14-17-16-13-9-8-12(18-19(13)14)15-10-4-7-11-5-2-1-3-6-11/h1-3,5-6,8-9H,4,7,10H2,(H,15,18)(H,17,20). The number of aromatic amines is 1. The van der Waals surface area contributed by atoms with Crippen molar-refractivity contribution in [2.45, 2.75) is 12.8 Å². The Bertz CT molecular complexity index is 747. The van der Waals surface area contributed by atoms with E-state index in [1.165, 1.54) is 10.1 Å². The molecule has 102 valence electrons. The molecule has 2 heterocycles. The van der Waals surface area contributed by atoms with Gasteiger partial charge in [-0.3, -0.25) is 0 Å². The minimum atomic E-state index is -0.326. The Balaban J connectivity index is 1.57. The summed E-state index contributed by atoms with van der Waals surface area (Å²) in [6.07, 6.45) is 2.02. The van der Waals surface area contributed by atoms with E-state index in [0.29, 0.717) is 11.5 Å². The molecule has 0 saturated heterocycles. The van der Waals surface area contributed by atoms with Gasteiger partial charge in [0.2, 0.25) is 0 Å². The summed E-state index contributed by atoms with van der Waals surface area (Å²) in [6.45, 7) is 0.806. The van der Waals surface area contributed by atoms with Crippen molar-refractivity contribution in [2.75, 3.05) is 11.9 Å². The van der Waals surface area contributed by atoms with Crippen LogP contribution in [0.3, 0.4) is 0 Å². The first kappa shape index (κ1) is 12.4. The second kappa shape index (κ2) is 5.56. The molecule has 3 aromatic rings. The van der Waals surface area contributed by atoms with E-state index in [0.717, 1.165) is 19.4 Å². The Labute approximate surface area is 115 Å². The smallest absolute Gasteiger partial charge is 0.364 e. The third-order valence-corrected chi connectivity index (χ3v) is 3.06. The van der Waals surface area contributed by atoms with Gasteiger partial charge in [0.25, 0.3) is 0 Å². The maximum atomic E-state index is 11.4. The molecule has 0 aliphatic heterocycles. The predicted molar refractivity (Wildman–Crippen MR) is 76.9 cm³/mol. The summed E-state index contributed by atoms with van der Waals surface area (Å²) in [5, 5.41) is 13.6. The Kier molecular flexibility index (Phi) is 3.45. The highest BCUT2D eigenvalue weighted by Gasteiger charge is 2.02. The van der Waals surface area contributed by atoms with Gasteiger partial charge in [0, 0.05) is 6.54 Å². The highest BCUT2D eigenvalue weighted by molar-refractivity contribution is 5.42. The number of benzene rings is 1. The summed E-state index contributed by atoms with van der Waals surface area (Å²) in [7, 11) is 0. The second-order valence-corrected chi connectivity index (χ2v) is 4.53. The van der Waals surface area contributed by atoms with Gasteiger partial charge in [-0.05, 0) is 30.5 Å². The van der Waals surface area contributed by atoms with E-state index < -0.39 is 0 Å². The fraction of sp³-hybridized carbons (Fsp3) is 0.214. The molecule has 0 radical (unpaired) electrons. The summed E-state index contributed by atoms with van der Waals surface area (Å²) in [4.78, 5) is 11.4. The summed E-state index contributed by atoms with van der Waals surface area (Å²) < 4.78 is 1.25. The lowest BCUT2D eigenvalue weighted by molar-refractivity contribution is 0.836. The molecule has 0 aliphatic rings. The van der Waals surface area contributed by atoms with Crippen molar-refractivity contribution < 1.29 is 0 Å². The largest absolute Gasteiger partial charge is 0.369 e. The predicted octanol–water partition coefficient (Wildman–Crippen LogP) is 1.46. The maximum absolute atomic E-state index is 11.4. The first-order valence-electron chi connectivity index (χ1n) is 6.55. The summed E-state index contributed by atoms with van der Waals surface area (Å²) in [6, 6.07) is 13.9. The number of nitrogens with one attached hydrogen (secondary N) is 2. The van der Waals surface area contributed by atoms with E-state index in [9.17, 15) is 4.79 Å². The number of hydrogen-bond donors (Lipinski definition) is 2. The van der Waals surface area contributed by atoms with Crippen molar-refractivity contribution in [3.05, 3.63) is 58.5 Å². The van der Waals surface area contributed by atoms with Crippen LogP contribution in [0.15, 0.2) is 47.3 Å². The van der Waals surface area contributed by atoms with E-state index in [4.69, 9.17) is 0 Å². The maximum Gasteiger partial charge on any atom is 0.364 e. The number of nitrogens with zero attached hydrogens (tertiary/aromatic N) is 3. The highest BCUT2D eigenvalue weighted by atomic mass is 16.2. The van der Waals surface area contributed by atoms with Gasteiger partial charge in [0.1, 0.15) is 5.82 Å². The molecule has 0 spiro atoms. The van der Waals surface area contributed by atoms with Crippen LogP contribution in [0.25, 0.3) is 5.65 Å². The van der Waals surface area contributed by atoms with E-state index >= 15 is 0 Å². The molecule has 0 aliphatic carbocycles. The molecule has 2 aromatic heterocycles. The van der Waals surface area contributed by atoms with Gasteiger partial charge in [-0.15, -0.1) is 5.10 Å². The Morgan fingerprint density at radius 2 is 2.00 bits per heavy atom. The van der Waals surface area contributed by atoms with Gasteiger partial charge in [-0.1, -0.05) is 30.3 Å². The van der Waals surface area contributed by atoms with Crippen molar-refractivity contribution in [3.8, 4) is 0 Å². The Morgan fingerprint density at radius 3 is 2.85 bits per heavy atom. The van der Waals surface area contributed by atoms with Crippen LogP contribution in [0.1, 0.15) is 12.0 Å². The van der Waals surface area contributed by atoms with E-state index in [1.54, 1.807) is 6.07 Å². The van der Waals surface area contributed by atoms with Gasteiger partial charge in [0.15, 0.2) is 5.65 Å². The molecular formula is C14H15N5O. The molecule has 0 unspecified atom stereocenters. The molecule has 6 heteroatoms. The van der Waals surface area contributed by atoms with Gasteiger partial charge in [0.05, 0.1) is 0 Å². The first-order valence-corrected chi connectivity index (χ1v) is 6.55. The van der Waals surface area contributed by atoms with Gasteiger partial charge >= 0.3 is 5.69 Å². The zero-order chi connectivity index (χ0) is 13.8. The van der Waals surface area contributed by atoms with Crippen molar-refractivity contribution in [1.29, 1.82) is 0 Å². The zero-order valence-corrected chi connectivity index (χ0v) is 10.9. The van der Waals surface area contributed by atoms with E-state index in [1.807, 2.05) is 24.3 Å². The molecule has 2 N–H and O–H groups in total. The molecular weight excluding hydrogens is 254 g/mol. The van der Waals surface area contributed by atoms with Crippen LogP contribution in [0.5, 0.6) is 0 Å². The van der Waals surface area contributed by atoms with Gasteiger partial charge < -0.3 is 5.32 Å². The molecule has 1 aromatic carbocycles. The average molecular weight is 269 g/mol. The monoisotopic (exact) mass is 269 g/mol. The number of hydrogen-bond acceptors (Lipinski definition) is 4. The minimum absolute atomic E-state index is 0.326. The summed E-state index contributed by atoms with van der Waals surface area (Å²) in [5.74, 6) is 0.675. The van der Waals surface area contributed by atoms with E-state index in [-0.39, 0.29) is 5.69 Å². The normalized spacial score (nSPS) is 10.8. The second-order valence-electron chi connectivity index (χ2n) is 4.53. The van der Waals surface area contributed by atoms with Gasteiger partial charge in [-0.25, -0.2) is 9.89 Å². The topological polar surface area (TPSA) is 75.1 Å². The molecule has 0 bridgehead atoms. The van der Waals surface area contributed by atoms with Crippen molar-refractivity contribution in [2.24, 2.45) is 0 Å². The molecule has 3 rings (SSSR count). The molecule has 0 atom stereocenters. The first-order chi connectivity index (χ1) is 9.83. The minimum Gasteiger partial charge on any atom is -0.369 e. The molecule has 0 amide bonds. The molecule has 20 heavy (non-hydrogen) atoms. The molecule has 0 saturated carbocycles. The zero-order valence-electron chi connectivity index (χ0n) is 10.9. The van der Waals surface area contributed by atoms with Gasteiger partial charge in [-0.2, -0.15) is 9.61 Å². The lowest BCUT2D eigenvalue weighted by atomic mass is 10.1. The van der Waals surface area contributed by atoms with Crippen LogP contribution < -0.4 is 11.0 Å². The highest BCUT2D eigenvalue weighted by Crippen LogP contribution is 2.05. The van der Waals surface area contributed by atoms with Crippen LogP contribution in [-0.4, -0.2) is 26.4 Å². The van der Waals surface area contributed by atoms with Crippen LogP contribution in [0.4, 0.5) is 5.82 Å². The Morgan fingerprint density at radius 1 is 1.15 bits per heavy atom. The summed E-state index contributed by atoms with van der Waals surface area (Å²) >= 11 is 0. The quantitative estimate of drug-likeness (QED) is 0.688. The third kappa shape index (κ3) is 2.69. The molecule has 6 nitrogen and oxygen atoms in total. The van der Waals surface area contributed by atoms with Crippen LogP contribution in [0.2, 0.25) is 0 Å². The number of fused-ring (bicyclic) bond motifs is 1. The van der Waals surface area contributed by atoms with Crippen LogP contribution in [-0.2, 0) is 6.42 Å². The van der Waals surface area contributed by atoms with Crippen LogP contribution >= 0.6 is 0 Å². The fourth-order valence-electron chi connectivity index (χ4n) is 2.05. The number of anilines is 1. The Hall–Kier alpha value is -2.63. The third-order valence-electron chi connectivity index (χ3n) is 3.06. The average Bonchev–Trinajstić information content (AvgIpc) is 2.86. The number of aromatic nitrogens is 4. The lowest BCUT2D eigenvalue weighted by Gasteiger charge is -2.05. The molecule has 0 fully saturated rings. The van der Waals surface area contributed by atoms with Crippen molar-refractivity contribution in [1.82, 2.24) is 19.8 Å².